The van der Waals surface area contributed by atoms with Crippen LogP contribution in [-0.2, 0) is 4.74 Å². The van der Waals surface area contributed by atoms with E-state index >= 15 is 0 Å². The zero-order chi connectivity index (χ0) is 15.5. The lowest BCUT2D eigenvalue weighted by Gasteiger charge is -2.44. The molecule has 2 atom stereocenters. The van der Waals surface area contributed by atoms with E-state index in [1.54, 1.807) is 0 Å². The number of halogens is 3. The van der Waals surface area contributed by atoms with E-state index in [9.17, 15) is 13.6 Å². The molecule has 0 spiro atoms. The van der Waals surface area contributed by atoms with Crippen LogP contribution in [0, 0.1) is 17.6 Å². The Hall–Kier alpha value is -1.20. The lowest BCUT2D eigenvalue weighted by atomic mass is 9.84. The number of hydrogen-bond acceptors (Lipinski definition) is 3. The number of benzene rings is 1. The Morgan fingerprint density at radius 3 is 2.78 bits per heavy atom. The molecule has 1 aromatic rings. The molecule has 23 heavy (non-hydrogen) atoms. The van der Waals surface area contributed by atoms with Crippen LogP contribution in [0.25, 0.3) is 0 Å². The Kier molecular flexibility index (Phi) is 6.36. The third-order valence-electron chi connectivity index (χ3n) is 4.81. The predicted octanol–water partition coefficient (Wildman–Crippen LogP) is 3.81. The smallest absolute Gasteiger partial charge is 0.341 e. The summed E-state index contributed by atoms with van der Waals surface area (Å²) in [6.07, 6.45) is 5.71. The van der Waals surface area contributed by atoms with Gasteiger partial charge in [-0.05, 0) is 57.0 Å². The molecule has 0 saturated carbocycles. The fourth-order valence-electron chi connectivity index (χ4n) is 3.69. The minimum Gasteiger partial charge on any atom is -0.462 e. The zero-order valence-corrected chi connectivity index (χ0v) is 13.8. The van der Waals surface area contributed by atoms with E-state index in [2.05, 4.69) is 4.90 Å². The van der Waals surface area contributed by atoms with E-state index in [4.69, 9.17) is 4.74 Å². The summed E-state index contributed by atoms with van der Waals surface area (Å²) in [5.41, 5.74) is -0.323. The number of hydrogen-bond donors (Lipinski definition) is 0. The van der Waals surface area contributed by atoms with Gasteiger partial charge in [-0.25, -0.2) is 13.6 Å². The number of ether oxygens (including phenoxy) is 1. The first-order chi connectivity index (χ1) is 10.6. The number of carbonyl (C=O) groups excluding carboxylic acids is 1. The summed E-state index contributed by atoms with van der Waals surface area (Å²) < 4.78 is 32.0. The molecular formula is C17H22ClF2NO2. The van der Waals surface area contributed by atoms with Crippen molar-refractivity contribution in [1.29, 1.82) is 0 Å². The molecule has 0 radical (unpaired) electrons. The van der Waals surface area contributed by atoms with Gasteiger partial charge in [0.25, 0.3) is 0 Å². The lowest BCUT2D eigenvalue weighted by Crippen LogP contribution is -2.49. The van der Waals surface area contributed by atoms with Gasteiger partial charge in [0.15, 0.2) is 0 Å². The number of fused-ring (bicyclic) bond motifs is 1. The summed E-state index contributed by atoms with van der Waals surface area (Å²) in [4.78, 5) is 14.5. The molecule has 0 unspecified atom stereocenters. The monoisotopic (exact) mass is 345 g/mol. The average Bonchev–Trinajstić information content (AvgIpc) is 2.54. The molecule has 2 aliphatic heterocycles. The van der Waals surface area contributed by atoms with Gasteiger partial charge in [-0.15, -0.1) is 12.4 Å². The molecule has 2 aliphatic rings. The van der Waals surface area contributed by atoms with Crippen molar-refractivity contribution in [3.63, 3.8) is 0 Å². The number of nitrogens with zero attached hydrogens (tertiary/aromatic N) is 1. The normalized spacial score (nSPS) is 24.4. The quantitative estimate of drug-likeness (QED) is 0.780. The van der Waals surface area contributed by atoms with Gasteiger partial charge in [-0.3, -0.25) is 4.90 Å². The Morgan fingerprint density at radius 2 is 1.96 bits per heavy atom. The molecule has 2 fully saturated rings. The zero-order valence-electron chi connectivity index (χ0n) is 13.0. The molecule has 1 aromatic carbocycles. The molecule has 0 N–H and O–H groups in total. The van der Waals surface area contributed by atoms with E-state index in [1.165, 1.54) is 12.8 Å². The van der Waals surface area contributed by atoms with Crippen LogP contribution in [0.4, 0.5) is 8.78 Å². The molecule has 6 heteroatoms. The number of carbonyl (C=O) groups is 1. The maximum Gasteiger partial charge on any atom is 0.341 e. The van der Waals surface area contributed by atoms with Crippen LogP contribution in [0.15, 0.2) is 18.2 Å². The number of esters is 1. The Labute approximate surface area is 141 Å². The minimum atomic E-state index is -0.773. The van der Waals surface area contributed by atoms with Gasteiger partial charge in [-0.2, -0.15) is 0 Å². The molecule has 2 heterocycles. The van der Waals surface area contributed by atoms with Crippen LogP contribution < -0.4 is 0 Å². The topological polar surface area (TPSA) is 29.5 Å². The summed E-state index contributed by atoms with van der Waals surface area (Å²) in [5.74, 6) is -1.85. The highest BCUT2D eigenvalue weighted by Gasteiger charge is 2.33. The molecule has 0 bridgehead atoms. The third-order valence-corrected chi connectivity index (χ3v) is 4.81. The van der Waals surface area contributed by atoms with Crippen LogP contribution >= 0.6 is 12.4 Å². The van der Waals surface area contributed by atoms with Crippen molar-refractivity contribution < 1.29 is 18.3 Å². The maximum absolute atomic E-state index is 13.6. The van der Waals surface area contributed by atoms with Crippen LogP contribution in [0.5, 0.6) is 0 Å². The van der Waals surface area contributed by atoms with Gasteiger partial charge in [-0.1, -0.05) is 6.42 Å². The van der Waals surface area contributed by atoms with Gasteiger partial charge >= 0.3 is 5.97 Å². The fourth-order valence-corrected chi connectivity index (χ4v) is 3.69. The molecule has 0 amide bonds. The number of piperidine rings is 2. The van der Waals surface area contributed by atoms with Crippen molar-refractivity contribution in [2.75, 3.05) is 19.7 Å². The third kappa shape index (κ3) is 4.21. The summed E-state index contributed by atoms with van der Waals surface area (Å²) in [6, 6.07) is 3.31. The first-order valence-electron chi connectivity index (χ1n) is 8.01. The van der Waals surface area contributed by atoms with Gasteiger partial charge in [0.2, 0.25) is 0 Å². The van der Waals surface area contributed by atoms with E-state index < -0.39 is 17.6 Å². The van der Waals surface area contributed by atoms with Crippen molar-refractivity contribution in [2.45, 2.75) is 38.1 Å². The van der Waals surface area contributed by atoms with Crippen molar-refractivity contribution in [1.82, 2.24) is 4.90 Å². The molecule has 0 aliphatic carbocycles. The SMILES string of the molecule is Cl.O=C(OC[C@@H]1CCCN2CCCC[C@H]12)c1cc(F)ccc1F. The molecule has 0 aromatic heterocycles. The molecule has 3 rings (SSSR count). The van der Waals surface area contributed by atoms with Gasteiger partial charge < -0.3 is 4.74 Å². The van der Waals surface area contributed by atoms with Crippen LogP contribution in [0.2, 0.25) is 0 Å². The molecule has 3 nitrogen and oxygen atoms in total. The second-order valence-electron chi connectivity index (χ2n) is 6.22. The Balaban J connectivity index is 0.00000192. The molecule has 2 saturated heterocycles. The summed E-state index contributed by atoms with van der Waals surface area (Å²) in [6.45, 7) is 2.53. The van der Waals surface area contributed by atoms with Crippen molar-refractivity contribution in [3.05, 3.63) is 35.4 Å². The predicted molar refractivity (Wildman–Crippen MR) is 85.8 cm³/mol. The Bertz CT molecular complexity index is 553. The van der Waals surface area contributed by atoms with Gasteiger partial charge in [0.1, 0.15) is 11.6 Å². The van der Waals surface area contributed by atoms with Gasteiger partial charge in [0, 0.05) is 12.0 Å². The number of rotatable bonds is 3. The Morgan fingerprint density at radius 1 is 1.17 bits per heavy atom. The van der Waals surface area contributed by atoms with Crippen molar-refractivity contribution in [2.24, 2.45) is 5.92 Å². The fraction of sp³-hybridized carbons (Fsp3) is 0.588. The highest BCUT2D eigenvalue weighted by atomic mass is 35.5. The highest BCUT2D eigenvalue weighted by Crippen LogP contribution is 2.31. The molecule has 128 valence electrons. The highest BCUT2D eigenvalue weighted by molar-refractivity contribution is 5.89. The van der Waals surface area contributed by atoms with E-state index in [0.717, 1.165) is 50.6 Å². The van der Waals surface area contributed by atoms with E-state index in [0.29, 0.717) is 12.0 Å². The summed E-state index contributed by atoms with van der Waals surface area (Å²) in [5, 5.41) is 0. The van der Waals surface area contributed by atoms with Crippen LogP contribution in [0.1, 0.15) is 42.5 Å². The molecular weight excluding hydrogens is 324 g/mol. The lowest BCUT2D eigenvalue weighted by molar-refractivity contribution is 0.00709. The van der Waals surface area contributed by atoms with Crippen LogP contribution in [0.3, 0.4) is 0 Å². The standard InChI is InChI=1S/C17H21F2NO2.ClH/c18-13-6-7-15(19)14(10-13)17(21)22-11-12-4-3-9-20-8-2-1-5-16(12)20;/h6-7,10,12,16H,1-5,8-9,11H2;1H/t12-,16+;/m0./s1. The maximum atomic E-state index is 13.6. The van der Waals surface area contributed by atoms with E-state index in [-0.39, 0.29) is 24.6 Å². The summed E-state index contributed by atoms with van der Waals surface area (Å²) in [7, 11) is 0. The second-order valence-corrected chi connectivity index (χ2v) is 6.22. The summed E-state index contributed by atoms with van der Waals surface area (Å²) >= 11 is 0. The average molecular weight is 346 g/mol. The first-order valence-corrected chi connectivity index (χ1v) is 8.01. The van der Waals surface area contributed by atoms with E-state index in [1.807, 2.05) is 0 Å². The minimum absolute atomic E-state index is 0. The second kappa shape index (κ2) is 8.06. The van der Waals surface area contributed by atoms with Crippen molar-refractivity contribution >= 4 is 18.4 Å². The van der Waals surface area contributed by atoms with Gasteiger partial charge in [0.05, 0.1) is 12.2 Å². The van der Waals surface area contributed by atoms with Crippen LogP contribution in [-0.4, -0.2) is 36.6 Å². The van der Waals surface area contributed by atoms with Crippen molar-refractivity contribution in [3.8, 4) is 0 Å². The first kappa shape index (κ1) is 18.1. The largest absolute Gasteiger partial charge is 0.462 e.